The van der Waals surface area contributed by atoms with E-state index in [2.05, 4.69) is 33.1 Å². The molecular formula is C20H18N4OS. The second kappa shape index (κ2) is 6.30. The number of thiazole rings is 1. The van der Waals surface area contributed by atoms with Crippen LogP contribution in [0.1, 0.15) is 29.7 Å². The first kappa shape index (κ1) is 15.7. The first-order chi connectivity index (χ1) is 12.8. The molecule has 5 rings (SSSR count). The molecule has 2 aromatic carbocycles. The van der Waals surface area contributed by atoms with Crippen LogP contribution >= 0.6 is 11.3 Å². The predicted octanol–water partition coefficient (Wildman–Crippen LogP) is 3.87. The van der Waals surface area contributed by atoms with Gasteiger partial charge in [0.2, 0.25) is 0 Å². The first-order valence-electron chi connectivity index (χ1n) is 8.85. The number of hydrogen-bond acceptors (Lipinski definition) is 5. The summed E-state index contributed by atoms with van der Waals surface area (Å²) in [6.07, 6.45) is 2.23. The number of nitrogens with zero attached hydrogens (tertiary/aromatic N) is 3. The largest absolute Gasteiger partial charge is 0.309 e. The third kappa shape index (κ3) is 2.71. The highest BCUT2D eigenvalue weighted by Gasteiger charge is 2.29. The normalized spacial score (nSPS) is 18.1. The molecule has 4 aromatic rings. The van der Waals surface area contributed by atoms with Gasteiger partial charge in [0.1, 0.15) is 10.8 Å². The van der Waals surface area contributed by atoms with Gasteiger partial charge in [-0.05, 0) is 43.7 Å². The van der Waals surface area contributed by atoms with Crippen molar-refractivity contribution in [3.8, 4) is 0 Å². The van der Waals surface area contributed by atoms with Gasteiger partial charge >= 0.3 is 0 Å². The molecule has 1 N–H and O–H groups in total. The topological polar surface area (TPSA) is 61.9 Å². The second-order valence-electron chi connectivity index (χ2n) is 6.68. The van der Waals surface area contributed by atoms with Crippen molar-refractivity contribution in [1.29, 1.82) is 0 Å². The van der Waals surface area contributed by atoms with Gasteiger partial charge in [-0.2, -0.15) is 0 Å². The zero-order valence-corrected chi connectivity index (χ0v) is 15.0. The maximum absolute atomic E-state index is 12.3. The Hall–Kier alpha value is -2.57. The number of rotatable bonds is 3. The molecule has 1 saturated heterocycles. The number of hydrogen-bond donors (Lipinski definition) is 1. The number of nitrogens with one attached hydrogen (secondary N) is 1. The van der Waals surface area contributed by atoms with Crippen LogP contribution in [0.5, 0.6) is 0 Å². The molecule has 3 heterocycles. The van der Waals surface area contributed by atoms with Gasteiger partial charge < -0.3 is 4.98 Å². The Bertz CT molecular complexity index is 1120. The summed E-state index contributed by atoms with van der Waals surface area (Å²) < 4.78 is 1.23. The van der Waals surface area contributed by atoms with E-state index in [0.717, 1.165) is 41.3 Å². The third-order valence-corrected chi connectivity index (χ3v) is 6.11. The molecule has 0 saturated carbocycles. The molecule has 0 bridgehead atoms. The summed E-state index contributed by atoms with van der Waals surface area (Å²) in [4.78, 5) is 27.1. The number of aromatic nitrogens is 3. The Morgan fingerprint density at radius 3 is 2.77 bits per heavy atom. The van der Waals surface area contributed by atoms with Crippen molar-refractivity contribution in [1.82, 2.24) is 19.9 Å². The number of benzene rings is 2. The average molecular weight is 362 g/mol. The van der Waals surface area contributed by atoms with E-state index in [4.69, 9.17) is 4.98 Å². The SMILES string of the molecule is O=c1[nH]c(CN2CCCC2c2nc3ccccc3s2)nc2ccccc12. The van der Waals surface area contributed by atoms with Crippen LogP contribution in [-0.4, -0.2) is 26.4 Å². The average Bonchev–Trinajstić information content (AvgIpc) is 3.28. The van der Waals surface area contributed by atoms with E-state index >= 15 is 0 Å². The molecule has 0 spiro atoms. The summed E-state index contributed by atoms with van der Waals surface area (Å²) in [5.74, 6) is 0.724. The summed E-state index contributed by atoms with van der Waals surface area (Å²) in [6.45, 7) is 1.64. The maximum atomic E-state index is 12.3. The Morgan fingerprint density at radius 2 is 1.88 bits per heavy atom. The summed E-state index contributed by atoms with van der Waals surface area (Å²) in [5, 5.41) is 1.80. The number of likely N-dealkylation sites (tertiary alicyclic amines) is 1. The number of fused-ring (bicyclic) bond motifs is 2. The van der Waals surface area contributed by atoms with Gasteiger partial charge in [-0.25, -0.2) is 9.97 Å². The number of aromatic amines is 1. The van der Waals surface area contributed by atoms with Crippen molar-refractivity contribution >= 4 is 32.5 Å². The van der Waals surface area contributed by atoms with E-state index in [1.165, 1.54) is 4.70 Å². The highest BCUT2D eigenvalue weighted by atomic mass is 32.1. The monoisotopic (exact) mass is 362 g/mol. The Labute approximate surface area is 154 Å². The Kier molecular flexibility index (Phi) is 3.80. The van der Waals surface area contributed by atoms with Crippen LogP contribution in [0.15, 0.2) is 53.3 Å². The zero-order chi connectivity index (χ0) is 17.5. The molecule has 2 aromatic heterocycles. The van der Waals surface area contributed by atoms with Gasteiger partial charge in [-0.1, -0.05) is 24.3 Å². The molecule has 130 valence electrons. The van der Waals surface area contributed by atoms with Crippen LogP contribution in [0.4, 0.5) is 0 Å². The fraction of sp³-hybridized carbons (Fsp3) is 0.250. The predicted molar refractivity (Wildman–Crippen MR) is 104 cm³/mol. The standard InChI is InChI=1S/C20H18N4OS/c25-19-13-6-1-2-7-14(13)21-18(23-19)12-24-11-5-9-16(24)20-22-15-8-3-4-10-17(15)26-20/h1-4,6-8,10,16H,5,9,11-12H2,(H,21,23,25). The molecule has 1 unspecified atom stereocenters. The van der Waals surface area contributed by atoms with Crippen LogP contribution in [0.3, 0.4) is 0 Å². The summed E-state index contributed by atoms with van der Waals surface area (Å²) in [7, 11) is 0. The van der Waals surface area contributed by atoms with Crippen molar-refractivity contribution in [3.05, 3.63) is 69.7 Å². The van der Waals surface area contributed by atoms with Crippen LogP contribution < -0.4 is 5.56 Å². The molecule has 26 heavy (non-hydrogen) atoms. The molecule has 0 amide bonds. The minimum atomic E-state index is -0.0682. The molecular weight excluding hydrogens is 344 g/mol. The Balaban J connectivity index is 1.47. The van der Waals surface area contributed by atoms with E-state index in [0.29, 0.717) is 18.0 Å². The summed E-state index contributed by atoms with van der Waals surface area (Å²) in [5.41, 5.74) is 1.75. The minimum absolute atomic E-state index is 0.0682. The fourth-order valence-corrected chi connectivity index (χ4v) is 4.87. The maximum Gasteiger partial charge on any atom is 0.258 e. The van der Waals surface area contributed by atoms with Crippen LogP contribution in [0.2, 0.25) is 0 Å². The van der Waals surface area contributed by atoms with Crippen molar-refractivity contribution in [3.63, 3.8) is 0 Å². The molecule has 1 aliphatic rings. The summed E-state index contributed by atoms with van der Waals surface area (Å²) >= 11 is 1.77. The highest BCUT2D eigenvalue weighted by molar-refractivity contribution is 7.18. The quantitative estimate of drug-likeness (QED) is 0.601. The van der Waals surface area contributed by atoms with Crippen molar-refractivity contribution in [2.75, 3.05) is 6.54 Å². The molecule has 1 atom stereocenters. The summed E-state index contributed by atoms with van der Waals surface area (Å²) in [6, 6.07) is 16.1. The smallest absolute Gasteiger partial charge is 0.258 e. The van der Waals surface area contributed by atoms with Crippen LogP contribution in [0.25, 0.3) is 21.1 Å². The third-order valence-electron chi connectivity index (χ3n) is 4.97. The molecule has 0 radical (unpaired) electrons. The van der Waals surface area contributed by atoms with Gasteiger partial charge in [0, 0.05) is 0 Å². The van der Waals surface area contributed by atoms with E-state index in [1.807, 2.05) is 30.3 Å². The van der Waals surface area contributed by atoms with Crippen molar-refractivity contribution in [2.45, 2.75) is 25.4 Å². The molecule has 5 nitrogen and oxygen atoms in total. The zero-order valence-electron chi connectivity index (χ0n) is 14.2. The molecule has 0 aliphatic carbocycles. The van der Waals surface area contributed by atoms with Crippen molar-refractivity contribution < 1.29 is 0 Å². The lowest BCUT2D eigenvalue weighted by Crippen LogP contribution is -2.25. The van der Waals surface area contributed by atoms with Gasteiger partial charge in [0.25, 0.3) is 5.56 Å². The van der Waals surface area contributed by atoms with E-state index in [-0.39, 0.29) is 5.56 Å². The van der Waals surface area contributed by atoms with Gasteiger partial charge in [0.15, 0.2) is 0 Å². The van der Waals surface area contributed by atoms with E-state index in [1.54, 1.807) is 11.3 Å². The lowest BCUT2D eigenvalue weighted by molar-refractivity contribution is 0.242. The highest BCUT2D eigenvalue weighted by Crippen LogP contribution is 2.36. The molecule has 1 fully saturated rings. The molecule has 6 heteroatoms. The van der Waals surface area contributed by atoms with Gasteiger partial charge in [0.05, 0.1) is 33.7 Å². The fourth-order valence-electron chi connectivity index (χ4n) is 3.73. The lowest BCUT2D eigenvalue weighted by atomic mass is 10.2. The number of para-hydroxylation sites is 2. The lowest BCUT2D eigenvalue weighted by Gasteiger charge is -2.22. The van der Waals surface area contributed by atoms with Crippen LogP contribution in [-0.2, 0) is 6.54 Å². The number of H-pyrrole nitrogens is 1. The van der Waals surface area contributed by atoms with Gasteiger partial charge in [-0.15, -0.1) is 11.3 Å². The van der Waals surface area contributed by atoms with Gasteiger partial charge in [-0.3, -0.25) is 9.69 Å². The van der Waals surface area contributed by atoms with E-state index < -0.39 is 0 Å². The van der Waals surface area contributed by atoms with Crippen molar-refractivity contribution in [2.24, 2.45) is 0 Å². The van der Waals surface area contributed by atoms with Crippen LogP contribution in [0, 0.1) is 0 Å². The minimum Gasteiger partial charge on any atom is -0.309 e. The second-order valence-corrected chi connectivity index (χ2v) is 7.74. The Morgan fingerprint density at radius 1 is 1.08 bits per heavy atom. The first-order valence-corrected chi connectivity index (χ1v) is 9.67. The van der Waals surface area contributed by atoms with E-state index in [9.17, 15) is 4.79 Å². The molecule has 1 aliphatic heterocycles.